The molecule has 1 aromatic carbocycles. The minimum absolute atomic E-state index is 0.574. The second-order valence-electron chi connectivity index (χ2n) is 4.67. The summed E-state index contributed by atoms with van der Waals surface area (Å²) in [5, 5.41) is 9.33. The molecule has 1 fully saturated rings. The van der Waals surface area contributed by atoms with Crippen LogP contribution in [0.3, 0.4) is 0 Å². The molecule has 94 valence electrons. The van der Waals surface area contributed by atoms with Crippen LogP contribution in [0.1, 0.15) is 12.8 Å². The van der Waals surface area contributed by atoms with E-state index in [0.29, 0.717) is 6.04 Å². The van der Waals surface area contributed by atoms with Crippen LogP contribution in [0.15, 0.2) is 34.9 Å². The number of fused-ring (bicyclic) bond motifs is 1. The lowest BCUT2D eigenvalue weighted by atomic mass is 10.1. The van der Waals surface area contributed by atoms with E-state index in [9.17, 15) is 0 Å². The highest BCUT2D eigenvalue weighted by Crippen LogP contribution is 2.28. The standard InChI is InChI=1S/C14H16BrN3/c15-12-5-1-3-10-6-8-17-14(13(10)12)18-9-11-4-2-7-16-11/h1,3,5-6,8,11,16H,2,4,7,9H2,(H,17,18). The van der Waals surface area contributed by atoms with E-state index in [2.05, 4.69) is 49.7 Å². The fraction of sp³-hybridized carbons (Fsp3) is 0.357. The van der Waals surface area contributed by atoms with E-state index < -0.39 is 0 Å². The number of halogens is 1. The number of pyridine rings is 1. The van der Waals surface area contributed by atoms with Gasteiger partial charge in [0.05, 0.1) is 0 Å². The Labute approximate surface area is 115 Å². The maximum Gasteiger partial charge on any atom is 0.135 e. The number of anilines is 1. The molecule has 1 saturated heterocycles. The number of hydrogen-bond acceptors (Lipinski definition) is 3. The molecule has 4 heteroatoms. The van der Waals surface area contributed by atoms with Gasteiger partial charge < -0.3 is 10.6 Å². The molecule has 0 radical (unpaired) electrons. The summed E-state index contributed by atoms with van der Waals surface area (Å²) >= 11 is 3.61. The van der Waals surface area contributed by atoms with E-state index in [-0.39, 0.29) is 0 Å². The maximum atomic E-state index is 4.46. The number of aromatic nitrogens is 1. The van der Waals surface area contributed by atoms with Crippen LogP contribution < -0.4 is 10.6 Å². The van der Waals surface area contributed by atoms with Crippen molar-refractivity contribution in [1.29, 1.82) is 0 Å². The number of nitrogens with one attached hydrogen (secondary N) is 2. The lowest BCUT2D eigenvalue weighted by Gasteiger charge is -2.14. The van der Waals surface area contributed by atoms with E-state index in [1.165, 1.54) is 18.2 Å². The third-order valence-electron chi connectivity index (χ3n) is 3.42. The fourth-order valence-corrected chi connectivity index (χ4v) is 3.04. The average Bonchev–Trinajstić information content (AvgIpc) is 2.89. The van der Waals surface area contributed by atoms with Gasteiger partial charge in [-0.1, -0.05) is 28.1 Å². The summed E-state index contributed by atoms with van der Waals surface area (Å²) in [5.41, 5.74) is 0. The molecule has 0 amide bonds. The number of rotatable bonds is 3. The summed E-state index contributed by atoms with van der Waals surface area (Å²) < 4.78 is 1.09. The van der Waals surface area contributed by atoms with Crippen molar-refractivity contribution in [3.8, 4) is 0 Å². The van der Waals surface area contributed by atoms with Crippen LogP contribution in [0.5, 0.6) is 0 Å². The fourth-order valence-electron chi connectivity index (χ4n) is 2.47. The molecule has 1 aliphatic heterocycles. The SMILES string of the molecule is Brc1cccc2ccnc(NCC3CCCN3)c12. The molecule has 1 atom stereocenters. The summed E-state index contributed by atoms with van der Waals surface area (Å²) in [6.45, 7) is 2.08. The zero-order valence-electron chi connectivity index (χ0n) is 10.1. The lowest BCUT2D eigenvalue weighted by Crippen LogP contribution is -2.29. The molecule has 0 spiro atoms. The van der Waals surface area contributed by atoms with Crippen LogP contribution in [0.2, 0.25) is 0 Å². The van der Waals surface area contributed by atoms with Gasteiger partial charge in [-0.2, -0.15) is 0 Å². The first kappa shape index (κ1) is 11.9. The minimum Gasteiger partial charge on any atom is -0.368 e. The summed E-state index contributed by atoms with van der Waals surface area (Å²) in [7, 11) is 0. The van der Waals surface area contributed by atoms with E-state index in [1.807, 2.05) is 12.3 Å². The van der Waals surface area contributed by atoms with Gasteiger partial charge in [0.15, 0.2) is 0 Å². The molecule has 3 nitrogen and oxygen atoms in total. The van der Waals surface area contributed by atoms with Crippen molar-refractivity contribution < 1.29 is 0 Å². The van der Waals surface area contributed by atoms with Gasteiger partial charge in [-0.15, -0.1) is 0 Å². The molecule has 1 aliphatic rings. The molecule has 0 aliphatic carbocycles. The molecule has 0 bridgehead atoms. The first-order valence-corrected chi connectivity index (χ1v) is 7.14. The van der Waals surface area contributed by atoms with Crippen molar-refractivity contribution in [1.82, 2.24) is 10.3 Å². The normalized spacial score (nSPS) is 19.3. The molecule has 2 N–H and O–H groups in total. The first-order chi connectivity index (χ1) is 8.84. The van der Waals surface area contributed by atoms with Crippen LogP contribution in [0.25, 0.3) is 10.8 Å². The predicted octanol–water partition coefficient (Wildman–Crippen LogP) is 3.16. The van der Waals surface area contributed by atoms with E-state index in [0.717, 1.165) is 28.8 Å². The van der Waals surface area contributed by atoms with Crippen molar-refractivity contribution in [3.63, 3.8) is 0 Å². The Morgan fingerprint density at radius 1 is 1.39 bits per heavy atom. The summed E-state index contributed by atoms with van der Waals surface area (Å²) in [6.07, 6.45) is 4.39. The van der Waals surface area contributed by atoms with Crippen LogP contribution in [-0.2, 0) is 0 Å². The smallest absolute Gasteiger partial charge is 0.135 e. The molecular weight excluding hydrogens is 290 g/mol. The average molecular weight is 306 g/mol. The molecule has 1 aromatic heterocycles. The molecular formula is C14H16BrN3. The molecule has 2 heterocycles. The van der Waals surface area contributed by atoms with Crippen molar-refractivity contribution in [2.45, 2.75) is 18.9 Å². The second-order valence-corrected chi connectivity index (χ2v) is 5.53. The molecule has 0 saturated carbocycles. The van der Waals surface area contributed by atoms with E-state index in [1.54, 1.807) is 0 Å². The summed E-state index contributed by atoms with van der Waals surface area (Å²) in [6, 6.07) is 8.84. The highest BCUT2D eigenvalue weighted by molar-refractivity contribution is 9.10. The zero-order chi connectivity index (χ0) is 12.4. The zero-order valence-corrected chi connectivity index (χ0v) is 11.7. The van der Waals surface area contributed by atoms with Crippen LogP contribution in [0, 0.1) is 0 Å². The van der Waals surface area contributed by atoms with Gasteiger partial charge in [0.1, 0.15) is 5.82 Å². The Morgan fingerprint density at radius 2 is 2.33 bits per heavy atom. The Kier molecular flexibility index (Phi) is 3.48. The van der Waals surface area contributed by atoms with Crippen molar-refractivity contribution in [2.24, 2.45) is 0 Å². The van der Waals surface area contributed by atoms with Crippen LogP contribution >= 0.6 is 15.9 Å². The quantitative estimate of drug-likeness (QED) is 0.914. The van der Waals surface area contributed by atoms with Gasteiger partial charge in [0.2, 0.25) is 0 Å². The summed E-state index contributed by atoms with van der Waals surface area (Å²) in [4.78, 5) is 4.46. The third kappa shape index (κ3) is 2.35. The largest absolute Gasteiger partial charge is 0.368 e. The van der Waals surface area contributed by atoms with Crippen molar-refractivity contribution in [3.05, 3.63) is 34.9 Å². The van der Waals surface area contributed by atoms with Gasteiger partial charge in [-0.3, -0.25) is 0 Å². The van der Waals surface area contributed by atoms with Gasteiger partial charge in [-0.25, -0.2) is 4.98 Å². The van der Waals surface area contributed by atoms with Crippen molar-refractivity contribution >= 4 is 32.5 Å². The molecule has 2 aromatic rings. The van der Waals surface area contributed by atoms with Gasteiger partial charge >= 0.3 is 0 Å². The first-order valence-electron chi connectivity index (χ1n) is 6.35. The molecule has 1 unspecified atom stereocenters. The van der Waals surface area contributed by atoms with Crippen molar-refractivity contribution in [2.75, 3.05) is 18.4 Å². The van der Waals surface area contributed by atoms with Crippen LogP contribution in [0.4, 0.5) is 5.82 Å². The van der Waals surface area contributed by atoms with E-state index >= 15 is 0 Å². The van der Waals surface area contributed by atoms with Crippen LogP contribution in [-0.4, -0.2) is 24.1 Å². The lowest BCUT2D eigenvalue weighted by molar-refractivity contribution is 0.633. The highest BCUT2D eigenvalue weighted by atomic mass is 79.9. The predicted molar refractivity (Wildman–Crippen MR) is 79.0 cm³/mol. The number of hydrogen-bond donors (Lipinski definition) is 2. The molecule has 18 heavy (non-hydrogen) atoms. The maximum absolute atomic E-state index is 4.46. The Hall–Kier alpha value is -1.13. The van der Waals surface area contributed by atoms with Gasteiger partial charge in [0.25, 0.3) is 0 Å². The Bertz CT molecular complexity index is 544. The summed E-state index contributed by atoms with van der Waals surface area (Å²) in [5.74, 6) is 0.966. The Balaban J connectivity index is 1.86. The van der Waals surface area contributed by atoms with Gasteiger partial charge in [0, 0.05) is 28.6 Å². The number of benzene rings is 1. The number of nitrogens with zero attached hydrogens (tertiary/aromatic N) is 1. The second kappa shape index (κ2) is 5.24. The third-order valence-corrected chi connectivity index (χ3v) is 4.08. The van der Waals surface area contributed by atoms with Gasteiger partial charge in [-0.05, 0) is 36.9 Å². The highest BCUT2D eigenvalue weighted by Gasteiger charge is 2.14. The monoisotopic (exact) mass is 305 g/mol. The molecule has 3 rings (SSSR count). The topological polar surface area (TPSA) is 37.0 Å². The van der Waals surface area contributed by atoms with E-state index in [4.69, 9.17) is 0 Å². The Morgan fingerprint density at radius 3 is 3.17 bits per heavy atom. The minimum atomic E-state index is 0.574.